The second kappa shape index (κ2) is 9.09. The van der Waals surface area contributed by atoms with Gasteiger partial charge in [0.05, 0.1) is 10.8 Å². The largest absolute Gasteiger partial charge is 0.385 e. The molecule has 0 aliphatic rings. The van der Waals surface area contributed by atoms with Crippen molar-refractivity contribution < 1.29 is 17.9 Å². The fourth-order valence-corrected chi connectivity index (χ4v) is 2.97. The molecular formula is C13H21N3O4S2. The number of carbonyl (C=O) groups excluding carboxylic acids is 1. The Labute approximate surface area is 135 Å². The number of hydrogen-bond acceptors (Lipinski definition) is 6. The van der Waals surface area contributed by atoms with Crippen LogP contribution < -0.4 is 5.32 Å². The van der Waals surface area contributed by atoms with Crippen molar-refractivity contribution in [2.45, 2.75) is 16.3 Å². The van der Waals surface area contributed by atoms with E-state index < -0.39 is 10.0 Å². The summed E-state index contributed by atoms with van der Waals surface area (Å²) in [7, 11) is 1.07. The summed E-state index contributed by atoms with van der Waals surface area (Å²) in [5.41, 5.74) is 0. The van der Waals surface area contributed by atoms with Crippen molar-refractivity contribution in [1.29, 1.82) is 0 Å². The Morgan fingerprint density at radius 3 is 2.68 bits per heavy atom. The van der Waals surface area contributed by atoms with Crippen LogP contribution in [-0.2, 0) is 19.6 Å². The van der Waals surface area contributed by atoms with Crippen molar-refractivity contribution >= 4 is 27.7 Å². The van der Waals surface area contributed by atoms with Crippen LogP contribution in [0.4, 0.5) is 0 Å². The Hall–Kier alpha value is -1.16. The maximum atomic E-state index is 11.9. The van der Waals surface area contributed by atoms with Crippen LogP contribution in [-0.4, -0.2) is 63.7 Å². The lowest BCUT2D eigenvalue weighted by atomic mass is 10.4. The van der Waals surface area contributed by atoms with E-state index in [1.807, 2.05) is 0 Å². The smallest absolute Gasteiger partial charge is 0.244 e. The number of pyridine rings is 1. The van der Waals surface area contributed by atoms with E-state index in [1.54, 1.807) is 13.2 Å². The molecule has 0 radical (unpaired) electrons. The molecule has 9 heteroatoms. The van der Waals surface area contributed by atoms with Gasteiger partial charge in [-0.2, -0.15) is 0 Å². The Morgan fingerprint density at radius 2 is 2.14 bits per heavy atom. The SMILES string of the molecule is COCCCNC(=O)CSc1ccc(S(=O)(=O)N(C)C)cn1. The molecule has 0 fully saturated rings. The Morgan fingerprint density at radius 1 is 1.41 bits per heavy atom. The molecule has 0 saturated carbocycles. The van der Waals surface area contributed by atoms with Crippen LogP contribution in [0, 0.1) is 0 Å². The van der Waals surface area contributed by atoms with E-state index in [4.69, 9.17) is 4.74 Å². The molecular weight excluding hydrogens is 326 g/mol. The molecule has 0 saturated heterocycles. The number of ether oxygens (including phenoxy) is 1. The third-order valence-corrected chi connectivity index (χ3v) is 5.43. The van der Waals surface area contributed by atoms with E-state index >= 15 is 0 Å². The van der Waals surface area contributed by atoms with Crippen LogP contribution in [0.5, 0.6) is 0 Å². The molecule has 1 amide bonds. The first-order valence-electron chi connectivity index (χ1n) is 6.65. The number of nitrogens with one attached hydrogen (secondary N) is 1. The van der Waals surface area contributed by atoms with Gasteiger partial charge in [-0.25, -0.2) is 17.7 Å². The second-order valence-corrected chi connectivity index (χ2v) is 7.75. The van der Waals surface area contributed by atoms with Crippen molar-refractivity contribution in [3.63, 3.8) is 0 Å². The van der Waals surface area contributed by atoms with Gasteiger partial charge in [0.25, 0.3) is 0 Å². The van der Waals surface area contributed by atoms with Gasteiger partial charge in [0.2, 0.25) is 15.9 Å². The van der Waals surface area contributed by atoms with Gasteiger partial charge in [-0.3, -0.25) is 4.79 Å². The fraction of sp³-hybridized carbons (Fsp3) is 0.538. The third-order valence-electron chi connectivity index (χ3n) is 2.69. The minimum absolute atomic E-state index is 0.0899. The van der Waals surface area contributed by atoms with E-state index in [0.29, 0.717) is 18.2 Å². The molecule has 1 aromatic heterocycles. The molecule has 0 unspecified atom stereocenters. The highest BCUT2D eigenvalue weighted by Gasteiger charge is 2.17. The molecule has 7 nitrogen and oxygen atoms in total. The van der Waals surface area contributed by atoms with Gasteiger partial charge in [0, 0.05) is 40.6 Å². The summed E-state index contributed by atoms with van der Waals surface area (Å²) in [6.07, 6.45) is 2.07. The Bertz CT molecular complexity index is 573. The summed E-state index contributed by atoms with van der Waals surface area (Å²) in [4.78, 5) is 15.8. The molecule has 1 aromatic rings. The monoisotopic (exact) mass is 347 g/mol. The van der Waals surface area contributed by atoms with E-state index in [2.05, 4.69) is 10.3 Å². The fourth-order valence-electron chi connectivity index (χ4n) is 1.45. The molecule has 0 atom stereocenters. The maximum absolute atomic E-state index is 11.9. The first kappa shape index (κ1) is 18.9. The van der Waals surface area contributed by atoms with Crippen LogP contribution in [0.25, 0.3) is 0 Å². The number of carbonyl (C=O) groups is 1. The zero-order valence-electron chi connectivity index (χ0n) is 12.9. The van der Waals surface area contributed by atoms with E-state index in [9.17, 15) is 13.2 Å². The lowest BCUT2D eigenvalue weighted by molar-refractivity contribution is -0.118. The number of hydrogen-bond donors (Lipinski definition) is 1. The summed E-state index contributed by atoms with van der Waals surface area (Å²) in [6, 6.07) is 3.08. The molecule has 0 spiro atoms. The van der Waals surface area contributed by atoms with Crippen LogP contribution in [0.15, 0.2) is 28.3 Å². The summed E-state index contributed by atoms with van der Waals surface area (Å²) in [6.45, 7) is 1.18. The second-order valence-electron chi connectivity index (χ2n) is 4.60. The van der Waals surface area contributed by atoms with Crippen molar-refractivity contribution in [3.8, 4) is 0 Å². The Kier molecular flexibility index (Phi) is 7.80. The molecule has 0 aromatic carbocycles. The third kappa shape index (κ3) is 5.91. The van der Waals surface area contributed by atoms with Gasteiger partial charge in [0.15, 0.2) is 0 Å². The maximum Gasteiger partial charge on any atom is 0.244 e. The number of amides is 1. The highest BCUT2D eigenvalue weighted by molar-refractivity contribution is 7.99. The van der Waals surface area contributed by atoms with Crippen LogP contribution in [0.2, 0.25) is 0 Å². The standard InChI is InChI=1S/C13H21N3O4S2/c1-16(2)22(18,19)11-5-6-13(15-9-11)21-10-12(17)14-7-4-8-20-3/h5-6,9H,4,7-8,10H2,1-3H3,(H,14,17). The molecule has 1 heterocycles. The number of nitrogens with zero attached hydrogens (tertiary/aromatic N) is 2. The highest BCUT2D eigenvalue weighted by atomic mass is 32.2. The van der Waals surface area contributed by atoms with E-state index in [-0.39, 0.29) is 16.6 Å². The summed E-state index contributed by atoms with van der Waals surface area (Å²) < 4.78 is 29.8. The molecule has 0 aliphatic carbocycles. The van der Waals surface area contributed by atoms with Crippen LogP contribution in [0.3, 0.4) is 0 Å². The van der Waals surface area contributed by atoms with E-state index in [0.717, 1.165) is 10.7 Å². The minimum Gasteiger partial charge on any atom is -0.385 e. The van der Waals surface area contributed by atoms with Crippen molar-refractivity contribution in [1.82, 2.24) is 14.6 Å². The van der Waals surface area contributed by atoms with Crippen molar-refractivity contribution in [2.75, 3.05) is 40.1 Å². The lowest BCUT2D eigenvalue weighted by Crippen LogP contribution is -2.26. The summed E-state index contributed by atoms with van der Waals surface area (Å²) >= 11 is 1.26. The number of thioether (sulfide) groups is 1. The number of methoxy groups -OCH3 is 1. The van der Waals surface area contributed by atoms with Crippen LogP contribution in [0.1, 0.15) is 6.42 Å². The van der Waals surface area contributed by atoms with Gasteiger partial charge in [0.1, 0.15) is 4.90 Å². The first-order valence-corrected chi connectivity index (χ1v) is 9.07. The average molecular weight is 347 g/mol. The average Bonchev–Trinajstić information content (AvgIpc) is 2.50. The van der Waals surface area contributed by atoms with Gasteiger partial charge in [-0.1, -0.05) is 11.8 Å². The van der Waals surface area contributed by atoms with Gasteiger partial charge in [-0.05, 0) is 18.6 Å². The number of rotatable bonds is 9. The quantitative estimate of drug-likeness (QED) is 0.519. The molecule has 124 valence electrons. The lowest BCUT2D eigenvalue weighted by Gasteiger charge is -2.11. The summed E-state index contributed by atoms with van der Waals surface area (Å²) in [5.74, 6) is 0.146. The summed E-state index contributed by atoms with van der Waals surface area (Å²) in [5, 5.41) is 3.37. The predicted octanol–water partition coefficient (Wildman–Crippen LogP) is 0.577. The highest BCUT2D eigenvalue weighted by Crippen LogP contribution is 2.18. The van der Waals surface area contributed by atoms with E-state index in [1.165, 1.54) is 38.1 Å². The minimum atomic E-state index is -3.47. The van der Waals surface area contributed by atoms with Crippen molar-refractivity contribution in [3.05, 3.63) is 18.3 Å². The number of aromatic nitrogens is 1. The molecule has 0 bridgehead atoms. The Balaban J connectivity index is 2.47. The molecule has 1 rings (SSSR count). The number of sulfonamides is 1. The normalized spacial score (nSPS) is 11.6. The van der Waals surface area contributed by atoms with Crippen molar-refractivity contribution in [2.24, 2.45) is 0 Å². The molecule has 0 aliphatic heterocycles. The molecule has 22 heavy (non-hydrogen) atoms. The van der Waals surface area contributed by atoms with Gasteiger partial charge >= 0.3 is 0 Å². The zero-order chi connectivity index (χ0) is 16.6. The zero-order valence-corrected chi connectivity index (χ0v) is 14.5. The van der Waals surface area contributed by atoms with Gasteiger partial charge in [-0.15, -0.1) is 0 Å². The first-order chi connectivity index (χ1) is 10.4. The predicted molar refractivity (Wildman–Crippen MR) is 85.3 cm³/mol. The van der Waals surface area contributed by atoms with Gasteiger partial charge < -0.3 is 10.1 Å². The van der Waals surface area contributed by atoms with Crippen LogP contribution >= 0.6 is 11.8 Å². The molecule has 1 N–H and O–H groups in total. The topological polar surface area (TPSA) is 88.6 Å².